The van der Waals surface area contributed by atoms with E-state index >= 15 is 0 Å². The molecule has 0 saturated heterocycles. The van der Waals surface area contributed by atoms with Crippen molar-refractivity contribution in [3.05, 3.63) is 60.8 Å². The first-order valence-electron chi connectivity index (χ1n) is 9.26. The van der Waals surface area contributed by atoms with Crippen LogP contribution in [0, 0.1) is 0 Å². The van der Waals surface area contributed by atoms with Crippen LogP contribution in [0.4, 0.5) is 13.2 Å². The number of nitrogens with one attached hydrogen (secondary N) is 1. The second-order valence-corrected chi connectivity index (χ2v) is 6.94. The number of alkyl halides is 3. The van der Waals surface area contributed by atoms with Crippen LogP contribution >= 0.6 is 0 Å². The van der Waals surface area contributed by atoms with Crippen LogP contribution < -0.4 is 9.47 Å². The molecule has 0 saturated carbocycles. The summed E-state index contributed by atoms with van der Waals surface area (Å²) in [6.45, 7) is 3.92. The van der Waals surface area contributed by atoms with E-state index in [2.05, 4.69) is 19.7 Å². The Morgan fingerprint density at radius 3 is 2.37 bits per heavy atom. The lowest BCUT2D eigenvalue weighted by molar-refractivity contribution is -0.274. The molecule has 0 unspecified atom stereocenters. The zero-order valence-electron chi connectivity index (χ0n) is 16.2. The topological polar surface area (TPSA) is 60.0 Å². The Bertz CT molecular complexity index is 1170. The van der Waals surface area contributed by atoms with Gasteiger partial charge in [-0.1, -0.05) is 24.3 Å². The van der Waals surface area contributed by atoms with E-state index in [9.17, 15) is 13.2 Å². The molecule has 4 aromatic rings. The van der Waals surface area contributed by atoms with Gasteiger partial charge in [-0.05, 0) is 49.7 Å². The summed E-state index contributed by atoms with van der Waals surface area (Å²) in [6, 6.07) is 15.1. The summed E-state index contributed by atoms with van der Waals surface area (Å²) in [5.41, 5.74) is 3.56. The lowest BCUT2D eigenvalue weighted by Gasteiger charge is -2.10. The van der Waals surface area contributed by atoms with Crippen molar-refractivity contribution in [2.45, 2.75) is 26.3 Å². The SMILES string of the molecule is CC(C)Oc1cccc(-c2nc3cc(-c4ccc(OC(F)(F)F)cc4)cnc3[nH]2)c1. The maximum Gasteiger partial charge on any atom is 0.573 e. The van der Waals surface area contributed by atoms with E-state index in [-0.39, 0.29) is 11.9 Å². The number of imidazole rings is 1. The number of ether oxygens (including phenoxy) is 2. The molecule has 0 aliphatic rings. The fraction of sp³-hybridized carbons (Fsp3) is 0.182. The Balaban J connectivity index is 1.61. The fourth-order valence-electron chi connectivity index (χ4n) is 3.03. The molecule has 8 heteroatoms. The molecule has 0 aliphatic heterocycles. The molecule has 0 spiro atoms. The number of rotatable bonds is 5. The maximum atomic E-state index is 12.3. The number of aromatic amines is 1. The summed E-state index contributed by atoms with van der Waals surface area (Å²) < 4.78 is 46.6. The molecule has 0 atom stereocenters. The lowest BCUT2D eigenvalue weighted by atomic mass is 10.1. The first-order valence-corrected chi connectivity index (χ1v) is 9.26. The van der Waals surface area contributed by atoms with Crippen molar-refractivity contribution < 1.29 is 22.6 Å². The molecule has 2 aromatic heterocycles. The van der Waals surface area contributed by atoms with Crippen molar-refractivity contribution in [3.8, 4) is 34.0 Å². The third-order valence-corrected chi connectivity index (χ3v) is 4.24. The summed E-state index contributed by atoms with van der Waals surface area (Å²) in [6.07, 6.45) is -3.01. The maximum absolute atomic E-state index is 12.3. The first-order chi connectivity index (χ1) is 14.3. The van der Waals surface area contributed by atoms with Crippen LogP contribution in [0.15, 0.2) is 60.8 Å². The molecule has 2 heterocycles. The molecule has 5 nitrogen and oxygen atoms in total. The summed E-state index contributed by atoms with van der Waals surface area (Å²) in [5, 5.41) is 0. The van der Waals surface area contributed by atoms with Gasteiger partial charge in [0.05, 0.1) is 6.10 Å². The van der Waals surface area contributed by atoms with Gasteiger partial charge in [-0.3, -0.25) is 0 Å². The molecule has 0 aliphatic carbocycles. The number of aromatic nitrogens is 3. The molecular weight excluding hydrogens is 395 g/mol. The van der Waals surface area contributed by atoms with Crippen molar-refractivity contribution in [1.29, 1.82) is 0 Å². The standard InChI is InChI=1S/C22H18F3N3O2/c1-13(2)29-18-5-3-4-15(10-18)20-27-19-11-16(12-26-21(19)28-20)14-6-8-17(9-7-14)30-22(23,24)25/h3-13H,1-2H3,(H,26,27,28). The van der Waals surface area contributed by atoms with Gasteiger partial charge in [0.2, 0.25) is 0 Å². The van der Waals surface area contributed by atoms with Gasteiger partial charge in [0.1, 0.15) is 22.8 Å². The molecule has 4 rings (SSSR count). The highest BCUT2D eigenvalue weighted by atomic mass is 19.4. The number of nitrogens with zero attached hydrogens (tertiary/aromatic N) is 2. The van der Waals surface area contributed by atoms with E-state index in [0.717, 1.165) is 16.9 Å². The minimum absolute atomic E-state index is 0.0630. The van der Waals surface area contributed by atoms with Crippen LogP contribution in [0.5, 0.6) is 11.5 Å². The minimum atomic E-state index is -4.72. The van der Waals surface area contributed by atoms with Crippen LogP contribution in [0.1, 0.15) is 13.8 Å². The highest BCUT2D eigenvalue weighted by Gasteiger charge is 2.30. The Morgan fingerprint density at radius 1 is 0.900 bits per heavy atom. The fourth-order valence-corrected chi connectivity index (χ4v) is 3.03. The van der Waals surface area contributed by atoms with Crippen LogP contribution in [-0.2, 0) is 0 Å². The summed E-state index contributed by atoms with van der Waals surface area (Å²) in [5.74, 6) is 1.13. The molecular formula is C22H18F3N3O2. The highest BCUT2D eigenvalue weighted by Crippen LogP contribution is 2.29. The molecule has 0 bridgehead atoms. The van der Waals surface area contributed by atoms with Gasteiger partial charge in [0, 0.05) is 17.3 Å². The van der Waals surface area contributed by atoms with Crippen LogP contribution in [0.25, 0.3) is 33.7 Å². The molecule has 0 fully saturated rings. The summed E-state index contributed by atoms with van der Waals surface area (Å²) in [7, 11) is 0. The van der Waals surface area contributed by atoms with Crippen molar-refractivity contribution in [2.75, 3.05) is 0 Å². The van der Waals surface area contributed by atoms with Crippen molar-refractivity contribution >= 4 is 11.2 Å². The van der Waals surface area contributed by atoms with Gasteiger partial charge in [-0.2, -0.15) is 0 Å². The van der Waals surface area contributed by atoms with E-state index < -0.39 is 6.36 Å². The van der Waals surface area contributed by atoms with E-state index in [0.29, 0.717) is 22.6 Å². The smallest absolute Gasteiger partial charge is 0.491 e. The molecule has 30 heavy (non-hydrogen) atoms. The third kappa shape index (κ3) is 4.53. The third-order valence-electron chi connectivity index (χ3n) is 4.24. The van der Waals surface area contributed by atoms with Gasteiger partial charge >= 0.3 is 6.36 Å². The van der Waals surface area contributed by atoms with E-state index in [4.69, 9.17) is 4.74 Å². The number of pyridine rings is 1. The Hall–Kier alpha value is -3.55. The lowest BCUT2D eigenvalue weighted by Crippen LogP contribution is -2.16. The predicted molar refractivity (Wildman–Crippen MR) is 107 cm³/mol. The van der Waals surface area contributed by atoms with Gasteiger partial charge in [0.25, 0.3) is 0 Å². The second kappa shape index (κ2) is 7.70. The highest BCUT2D eigenvalue weighted by molar-refractivity contribution is 5.81. The number of H-pyrrole nitrogens is 1. The normalized spacial score (nSPS) is 11.8. The monoisotopic (exact) mass is 413 g/mol. The van der Waals surface area contributed by atoms with Crippen molar-refractivity contribution in [3.63, 3.8) is 0 Å². The summed E-state index contributed by atoms with van der Waals surface area (Å²) in [4.78, 5) is 12.2. The molecule has 1 N–H and O–H groups in total. The minimum Gasteiger partial charge on any atom is -0.491 e. The predicted octanol–water partition coefficient (Wildman–Crippen LogP) is 5.98. The number of fused-ring (bicyclic) bond motifs is 1. The first kappa shape index (κ1) is 19.8. The van der Waals surface area contributed by atoms with Crippen LogP contribution in [0.2, 0.25) is 0 Å². The zero-order chi connectivity index (χ0) is 21.3. The van der Waals surface area contributed by atoms with E-state index in [1.165, 1.54) is 12.1 Å². The molecule has 0 radical (unpaired) electrons. The Labute approximate surface area is 170 Å². The van der Waals surface area contributed by atoms with Crippen molar-refractivity contribution in [1.82, 2.24) is 15.0 Å². The zero-order valence-corrected chi connectivity index (χ0v) is 16.2. The number of halogens is 3. The van der Waals surface area contributed by atoms with Crippen LogP contribution in [-0.4, -0.2) is 27.4 Å². The Morgan fingerprint density at radius 2 is 1.67 bits per heavy atom. The molecule has 0 amide bonds. The number of hydrogen-bond acceptors (Lipinski definition) is 4. The Kier molecular flexibility index (Phi) is 5.07. The summed E-state index contributed by atoms with van der Waals surface area (Å²) >= 11 is 0. The van der Waals surface area contributed by atoms with E-state index in [1.807, 2.05) is 44.2 Å². The van der Waals surface area contributed by atoms with E-state index in [1.54, 1.807) is 18.3 Å². The van der Waals surface area contributed by atoms with Crippen LogP contribution in [0.3, 0.4) is 0 Å². The number of hydrogen-bond donors (Lipinski definition) is 1. The van der Waals surface area contributed by atoms with Gasteiger partial charge in [0.15, 0.2) is 5.65 Å². The number of benzene rings is 2. The molecule has 154 valence electrons. The van der Waals surface area contributed by atoms with Gasteiger partial charge in [-0.25, -0.2) is 9.97 Å². The van der Waals surface area contributed by atoms with Gasteiger partial charge in [-0.15, -0.1) is 13.2 Å². The largest absolute Gasteiger partial charge is 0.573 e. The quantitative estimate of drug-likeness (QED) is 0.437. The molecule has 2 aromatic carbocycles. The van der Waals surface area contributed by atoms with Gasteiger partial charge < -0.3 is 14.5 Å². The van der Waals surface area contributed by atoms with Crippen molar-refractivity contribution in [2.24, 2.45) is 0 Å². The average molecular weight is 413 g/mol. The average Bonchev–Trinajstić information content (AvgIpc) is 3.10. The second-order valence-electron chi connectivity index (χ2n) is 6.94.